The van der Waals surface area contributed by atoms with E-state index in [-0.39, 0.29) is 29.4 Å². The average molecular weight is 576 g/mol. The quantitative estimate of drug-likeness (QED) is 0.164. The molecule has 0 aliphatic rings. The number of aromatic nitrogens is 3. The highest BCUT2D eigenvalue weighted by atomic mass is 127. The number of halogens is 1. The molecule has 1 aromatic heterocycles. The van der Waals surface area contributed by atoms with Crippen LogP contribution in [0.25, 0.3) is 0 Å². The number of para-hydroxylation sites is 1. The number of anilines is 1. The van der Waals surface area contributed by atoms with Gasteiger partial charge in [0.25, 0.3) is 0 Å². The van der Waals surface area contributed by atoms with Gasteiger partial charge >= 0.3 is 0 Å². The van der Waals surface area contributed by atoms with E-state index in [1.54, 1.807) is 0 Å². The number of benzene rings is 2. The van der Waals surface area contributed by atoms with Crippen LogP contribution in [0, 0.1) is 6.92 Å². The Labute approximate surface area is 221 Å². The molecule has 3 rings (SSSR count). The molecule has 3 aromatic rings. The summed E-state index contributed by atoms with van der Waals surface area (Å²) in [6, 6.07) is 21.0. The zero-order valence-electron chi connectivity index (χ0n) is 21.0. The van der Waals surface area contributed by atoms with E-state index in [9.17, 15) is 0 Å². The summed E-state index contributed by atoms with van der Waals surface area (Å²) in [5, 5.41) is 15.4. The van der Waals surface area contributed by atoms with Crippen LogP contribution >= 0.6 is 24.0 Å². The summed E-state index contributed by atoms with van der Waals surface area (Å²) in [6.07, 6.45) is 0.997. The minimum Gasteiger partial charge on any atom is -0.375 e. The minimum atomic E-state index is -0.0292. The Morgan fingerprint density at radius 1 is 1.00 bits per heavy atom. The standard InChI is InChI=1S/C26H37N7.HI/c1-21-30-31-24(33(21)5)19-28-25(29-20-26(2,3)22-13-8-6-9-14-22)27-17-12-18-32(4)23-15-10-7-11-16-23;/h6-11,13-16H,12,17-20H2,1-5H3,(H2,27,28,29);1H. The van der Waals surface area contributed by atoms with Crippen molar-refractivity contribution in [2.45, 2.75) is 39.2 Å². The summed E-state index contributed by atoms with van der Waals surface area (Å²) in [4.78, 5) is 7.07. The van der Waals surface area contributed by atoms with E-state index in [4.69, 9.17) is 4.99 Å². The number of nitrogens with zero attached hydrogens (tertiary/aromatic N) is 5. The first-order valence-corrected chi connectivity index (χ1v) is 11.6. The van der Waals surface area contributed by atoms with Gasteiger partial charge in [-0.15, -0.1) is 34.2 Å². The average Bonchev–Trinajstić information content (AvgIpc) is 3.16. The maximum absolute atomic E-state index is 4.80. The van der Waals surface area contributed by atoms with E-state index in [1.165, 1.54) is 11.3 Å². The highest BCUT2D eigenvalue weighted by molar-refractivity contribution is 14.0. The summed E-state index contributed by atoms with van der Waals surface area (Å²) in [5.74, 6) is 2.53. The van der Waals surface area contributed by atoms with Gasteiger partial charge in [0.05, 0.1) is 0 Å². The zero-order valence-corrected chi connectivity index (χ0v) is 23.3. The lowest BCUT2D eigenvalue weighted by Gasteiger charge is -2.27. The van der Waals surface area contributed by atoms with Crippen LogP contribution in [0.15, 0.2) is 65.7 Å². The lowest BCUT2D eigenvalue weighted by atomic mass is 9.85. The second-order valence-corrected chi connectivity index (χ2v) is 9.03. The molecule has 184 valence electrons. The fourth-order valence-corrected chi connectivity index (χ4v) is 3.54. The van der Waals surface area contributed by atoms with Gasteiger partial charge in [0, 0.05) is 44.8 Å². The van der Waals surface area contributed by atoms with Gasteiger partial charge in [-0.1, -0.05) is 62.4 Å². The molecule has 0 spiro atoms. The number of aliphatic imine (C=N–C) groups is 1. The van der Waals surface area contributed by atoms with Crippen molar-refractivity contribution in [1.29, 1.82) is 0 Å². The van der Waals surface area contributed by atoms with Gasteiger partial charge in [-0.2, -0.15) is 0 Å². The lowest BCUT2D eigenvalue weighted by Crippen LogP contribution is -2.44. The van der Waals surface area contributed by atoms with Crippen molar-refractivity contribution in [2.24, 2.45) is 12.0 Å². The predicted molar refractivity (Wildman–Crippen MR) is 152 cm³/mol. The number of hydrogen-bond donors (Lipinski definition) is 2. The molecule has 2 N–H and O–H groups in total. The van der Waals surface area contributed by atoms with Crippen LogP contribution < -0.4 is 15.5 Å². The van der Waals surface area contributed by atoms with Crippen LogP contribution in [0.5, 0.6) is 0 Å². The molecule has 1 heterocycles. The van der Waals surface area contributed by atoms with Crippen LogP contribution in [-0.4, -0.2) is 47.4 Å². The number of nitrogens with one attached hydrogen (secondary N) is 2. The third-order valence-electron chi connectivity index (χ3n) is 5.97. The maximum Gasteiger partial charge on any atom is 0.191 e. The van der Waals surface area contributed by atoms with E-state index < -0.39 is 0 Å². The van der Waals surface area contributed by atoms with E-state index in [0.717, 1.165) is 43.7 Å². The van der Waals surface area contributed by atoms with Gasteiger partial charge in [0.15, 0.2) is 11.8 Å². The van der Waals surface area contributed by atoms with E-state index in [0.29, 0.717) is 6.54 Å². The highest BCUT2D eigenvalue weighted by Gasteiger charge is 2.20. The minimum absolute atomic E-state index is 0. The topological polar surface area (TPSA) is 70.4 Å². The molecule has 0 atom stereocenters. The van der Waals surface area contributed by atoms with Gasteiger partial charge in [0.2, 0.25) is 0 Å². The fourth-order valence-electron chi connectivity index (χ4n) is 3.54. The van der Waals surface area contributed by atoms with Crippen molar-refractivity contribution >= 4 is 35.6 Å². The van der Waals surface area contributed by atoms with Crippen LogP contribution in [0.3, 0.4) is 0 Å². The summed E-state index contributed by atoms with van der Waals surface area (Å²) >= 11 is 0. The molecule has 0 amide bonds. The molecular weight excluding hydrogens is 537 g/mol. The predicted octanol–water partition coefficient (Wildman–Crippen LogP) is 4.28. The van der Waals surface area contributed by atoms with E-state index in [1.807, 2.05) is 24.6 Å². The van der Waals surface area contributed by atoms with Crippen molar-refractivity contribution < 1.29 is 0 Å². The second-order valence-electron chi connectivity index (χ2n) is 9.03. The van der Waals surface area contributed by atoms with Crippen molar-refractivity contribution in [3.63, 3.8) is 0 Å². The van der Waals surface area contributed by atoms with Gasteiger partial charge in [-0.3, -0.25) is 0 Å². The second kappa shape index (κ2) is 13.3. The third kappa shape index (κ3) is 8.00. The van der Waals surface area contributed by atoms with E-state index in [2.05, 4.69) is 101 Å². The highest BCUT2D eigenvalue weighted by Crippen LogP contribution is 2.21. The van der Waals surface area contributed by atoms with Gasteiger partial charge in [-0.05, 0) is 31.0 Å². The Kier molecular flexibility index (Phi) is 10.8. The summed E-state index contributed by atoms with van der Waals surface area (Å²) in [7, 11) is 4.10. The summed E-state index contributed by atoms with van der Waals surface area (Å²) in [6.45, 7) is 9.46. The Morgan fingerprint density at radius 2 is 1.65 bits per heavy atom. The SMILES string of the molecule is Cc1nnc(CN=C(NCCCN(C)c2ccccc2)NCC(C)(C)c2ccccc2)n1C.I. The maximum atomic E-state index is 4.80. The molecule has 0 bridgehead atoms. The largest absolute Gasteiger partial charge is 0.375 e. The molecule has 0 saturated heterocycles. The van der Waals surface area contributed by atoms with Crippen molar-refractivity contribution in [2.75, 3.05) is 31.6 Å². The molecule has 0 radical (unpaired) electrons. The summed E-state index contributed by atoms with van der Waals surface area (Å²) < 4.78 is 1.98. The monoisotopic (exact) mass is 575 g/mol. The van der Waals surface area contributed by atoms with Crippen LogP contribution in [0.2, 0.25) is 0 Å². The van der Waals surface area contributed by atoms with Gasteiger partial charge in [0.1, 0.15) is 12.4 Å². The lowest BCUT2D eigenvalue weighted by molar-refractivity contribution is 0.507. The van der Waals surface area contributed by atoms with Crippen LogP contribution in [0.1, 0.15) is 37.5 Å². The zero-order chi connectivity index (χ0) is 23.7. The van der Waals surface area contributed by atoms with E-state index >= 15 is 0 Å². The third-order valence-corrected chi connectivity index (χ3v) is 5.97. The van der Waals surface area contributed by atoms with Gasteiger partial charge < -0.3 is 20.1 Å². The van der Waals surface area contributed by atoms with Crippen molar-refractivity contribution in [3.05, 3.63) is 77.9 Å². The number of rotatable bonds is 10. The molecule has 0 aliphatic carbocycles. The molecule has 0 unspecified atom stereocenters. The van der Waals surface area contributed by atoms with Gasteiger partial charge in [-0.25, -0.2) is 4.99 Å². The first-order valence-electron chi connectivity index (χ1n) is 11.6. The Bertz CT molecular complexity index is 1020. The molecule has 8 heteroatoms. The van der Waals surface area contributed by atoms with Crippen LogP contribution in [-0.2, 0) is 19.0 Å². The Hall–Kier alpha value is -2.62. The molecule has 0 fully saturated rings. The molecule has 7 nitrogen and oxygen atoms in total. The van der Waals surface area contributed by atoms with Crippen LogP contribution in [0.4, 0.5) is 5.69 Å². The first-order chi connectivity index (χ1) is 15.9. The molecule has 34 heavy (non-hydrogen) atoms. The van der Waals surface area contributed by atoms with Crippen molar-refractivity contribution in [3.8, 4) is 0 Å². The molecule has 0 aliphatic heterocycles. The number of aryl methyl sites for hydroxylation is 1. The normalized spacial score (nSPS) is 11.6. The molecular formula is C26H38IN7. The smallest absolute Gasteiger partial charge is 0.191 e. The number of hydrogen-bond acceptors (Lipinski definition) is 4. The summed E-state index contributed by atoms with van der Waals surface area (Å²) in [5.41, 5.74) is 2.50. The van der Waals surface area contributed by atoms with Crippen molar-refractivity contribution in [1.82, 2.24) is 25.4 Å². The first kappa shape index (κ1) is 27.6. The molecule has 0 saturated carbocycles. The molecule has 2 aromatic carbocycles. The Morgan fingerprint density at radius 3 is 2.26 bits per heavy atom. The number of guanidine groups is 1. The fraction of sp³-hybridized carbons (Fsp3) is 0.423. The Balaban J connectivity index is 0.00000408.